The van der Waals surface area contributed by atoms with E-state index in [9.17, 15) is 4.79 Å². The predicted molar refractivity (Wildman–Crippen MR) is 58.2 cm³/mol. The van der Waals surface area contributed by atoms with E-state index in [0.717, 1.165) is 24.7 Å². The number of carbonyl (C=O) groups is 1. The van der Waals surface area contributed by atoms with Crippen molar-refractivity contribution < 1.29 is 4.79 Å². The van der Waals surface area contributed by atoms with Crippen LogP contribution in [0.2, 0.25) is 0 Å². The summed E-state index contributed by atoms with van der Waals surface area (Å²) >= 11 is 0. The molecule has 0 radical (unpaired) electrons. The highest BCUT2D eigenvalue weighted by molar-refractivity contribution is 5.80. The Morgan fingerprint density at radius 2 is 1.93 bits per heavy atom. The minimum Gasteiger partial charge on any atom is -0.377 e. The Morgan fingerprint density at radius 1 is 1.21 bits per heavy atom. The maximum Gasteiger partial charge on any atom is 0.150 e. The molecule has 0 aromatic heterocycles. The van der Waals surface area contributed by atoms with Crippen molar-refractivity contribution >= 4 is 12.0 Å². The van der Waals surface area contributed by atoms with E-state index in [1.54, 1.807) is 0 Å². The van der Waals surface area contributed by atoms with E-state index in [2.05, 4.69) is 19.0 Å². The highest BCUT2D eigenvalue weighted by Crippen LogP contribution is 2.32. The van der Waals surface area contributed by atoms with Gasteiger partial charge in [0.25, 0.3) is 0 Å². The fourth-order valence-corrected chi connectivity index (χ4v) is 2.24. The van der Waals surface area contributed by atoms with Crippen LogP contribution in [0.4, 0.5) is 5.69 Å². The highest BCUT2D eigenvalue weighted by atomic mass is 16.1. The summed E-state index contributed by atoms with van der Waals surface area (Å²) in [6, 6.07) is 3.99. The predicted octanol–water partition coefficient (Wildman–Crippen LogP) is 2.05. The summed E-state index contributed by atoms with van der Waals surface area (Å²) in [6.45, 7) is 0. The van der Waals surface area contributed by atoms with Crippen LogP contribution in [0.5, 0.6) is 0 Å². The number of benzene rings is 1. The van der Waals surface area contributed by atoms with Crippen molar-refractivity contribution in [2.24, 2.45) is 0 Å². The quantitative estimate of drug-likeness (QED) is 0.664. The van der Waals surface area contributed by atoms with Crippen LogP contribution in [-0.4, -0.2) is 20.4 Å². The maximum absolute atomic E-state index is 10.8. The molecule has 2 nitrogen and oxygen atoms in total. The van der Waals surface area contributed by atoms with Crippen LogP contribution in [0, 0.1) is 0 Å². The first-order valence-corrected chi connectivity index (χ1v) is 5.01. The zero-order valence-corrected chi connectivity index (χ0v) is 8.71. The van der Waals surface area contributed by atoms with Gasteiger partial charge in [0.05, 0.1) is 0 Å². The number of hydrogen-bond acceptors (Lipinski definition) is 2. The molecule has 14 heavy (non-hydrogen) atoms. The minimum absolute atomic E-state index is 0.878. The molecule has 2 rings (SSSR count). The SMILES string of the molecule is CN(C)c1ccc(C=O)c2c1CCC2. The number of fused-ring (bicyclic) bond motifs is 1. The fourth-order valence-electron chi connectivity index (χ4n) is 2.24. The van der Waals surface area contributed by atoms with Gasteiger partial charge in [0.2, 0.25) is 0 Å². The van der Waals surface area contributed by atoms with Crippen LogP contribution >= 0.6 is 0 Å². The zero-order valence-electron chi connectivity index (χ0n) is 8.71. The van der Waals surface area contributed by atoms with Crippen molar-refractivity contribution in [3.63, 3.8) is 0 Å². The summed E-state index contributed by atoms with van der Waals surface area (Å²) < 4.78 is 0. The second-order valence-corrected chi connectivity index (χ2v) is 4.00. The summed E-state index contributed by atoms with van der Waals surface area (Å²) in [6.07, 6.45) is 4.33. The summed E-state index contributed by atoms with van der Waals surface area (Å²) in [4.78, 5) is 13.0. The Labute approximate surface area is 84.5 Å². The number of aldehydes is 1. The van der Waals surface area contributed by atoms with Gasteiger partial charge >= 0.3 is 0 Å². The molecule has 2 heteroatoms. The smallest absolute Gasteiger partial charge is 0.150 e. The highest BCUT2D eigenvalue weighted by Gasteiger charge is 2.18. The molecule has 0 aliphatic heterocycles. The largest absolute Gasteiger partial charge is 0.377 e. The third-order valence-corrected chi connectivity index (χ3v) is 2.91. The van der Waals surface area contributed by atoms with Crippen molar-refractivity contribution in [1.82, 2.24) is 0 Å². The Kier molecular flexibility index (Phi) is 2.28. The molecule has 1 aromatic carbocycles. The Bertz CT molecular complexity index is 369. The molecule has 0 saturated heterocycles. The second-order valence-electron chi connectivity index (χ2n) is 4.00. The number of anilines is 1. The van der Waals surface area contributed by atoms with Crippen LogP contribution in [0.25, 0.3) is 0 Å². The van der Waals surface area contributed by atoms with Gasteiger partial charge < -0.3 is 4.90 Å². The number of nitrogens with zero attached hydrogens (tertiary/aromatic N) is 1. The Morgan fingerprint density at radius 3 is 2.57 bits per heavy atom. The minimum atomic E-state index is 0.878. The first kappa shape index (κ1) is 9.25. The van der Waals surface area contributed by atoms with Crippen LogP contribution in [-0.2, 0) is 12.8 Å². The standard InChI is InChI=1S/C12H15NO/c1-13(2)12-7-6-9(8-14)10-4-3-5-11(10)12/h6-8H,3-5H2,1-2H3. The molecule has 1 aromatic rings. The van der Waals surface area contributed by atoms with Crippen molar-refractivity contribution in [2.75, 3.05) is 19.0 Å². The van der Waals surface area contributed by atoms with Gasteiger partial charge in [0.1, 0.15) is 6.29 Å². The van der Waals surface area contributed by atoms with Crippen LogP contribution in [0.15, 0.2) is 12.1 Å². The Hall–Kier alpha value is -1.31. The molecule has 0 heterocycles. The lowest BCUT2D eigenvalue weighted by Gasteiger charge is -2.17. The molecule has 0 N–H and O–H groups in total. The zero-order chi connectivity index (χ0) is 10.1. The van der Waals surface area contributed by atoms with Crippen molar-refractivity contribution in [2.45, 2.75) is 19.3 Å². The third-order valence-electron chi connectivity index (χ3n) is 2.91. The van der Waals surface area contributed by atoms with Gasteiger partial charge in [-0.3, -0.25) is 4.79 Å². The summed E-state index contributed by atoms with van der Waals surface area (Å²) in [5, 5.41) is 0. The van der Waals surface area contributed by atoms with Crippen LogP contribution in [0.1, 0.15) is 27.9 Å². The average Bonchev–Trinajstić information content (AvgIpc) is 2.64. The monoisotopic (exact) mass is 189 g/mol. The molecule has 0 spiro atoms. The third kappa shape index (κ3) is 1.31. The summed E-state index contributed by atoms with van der Waals surface area (Å²) in [5.41, 5.74) is 4.79. The number of rotatable bonds is 2. The van der Waals surface area contributed by atoms with Gasteiger partial charge in [0, 0.05) is 25.3 Å². The molecular formula is C12H15NO. The normalized spacial score (nSPS) is 13.9. The van der Waals surface area contributed by atoms with Gasteiger partial charge in [-0.1, -0.05) is 0 Å². The van der Waals surface area contributed by atoms with Gasteiger partial charge in [-0.05, 0) is 42.5 Å². The number of hydrogen-bond donors (Lipinski definition) is 0. The first-order valence-electron chi connectivity index (χ1n) is 5.01. The Balaban J connectivity index is 2.58. The molecule has 0 saturated carbocycles. The van der Waals surface area contributed by atoms with Gasteiger partial charge in [-0.25, -0.2) is 0 Å². The second kappa shape index (κ2) is 3.45. The van der Waals surface area contributed by atoms with E-state index in [1.807, 2.05) is 12.1 Å². The van der Waals surface area contributed by atoms with Crippen LogP contribution in [0.3, 0.4) is 0 Å². The lowest BCUT2D eigenvalue weighted by molar-refractivity contribution is 0.112. The molecule has 0 atom stereocenters. The van der Waals surface area contributed by atoms with E-state index in [4.69, 9.17) is 0 Å². The molecule has 0 fully saturated rings. The summed E-state index contributed by atoms with van der Waals surface area (Å²) in [7, 11) is 4.10. The van der Waals surface area contributed by atoms with Crippen molar-refractivity contribution in [3.8, 4) is 0 Å². The number of carbonyl (C=O) groups excluding carboxylic acids is 1. The fraction of sp³-hybridized carbons (Fsp3) is 0.417. The molecule has 0 bridgehead atoms. The van der Waals surface area contributed by atoms with E-state index in [-0.39, 0.29) is 0 Å². The van der Waals surface area contributed by atoms with Crippen molar-refractivity contribution in [3.05, 3.63) is 28.8 Å². The average molecular weight is 189 g/mol. The topological polar surface area (TPSA) is 20.3 Å². The molecule has 1 aliphatic carbocycles. The van der Waals surface area contributed by atoms with E-state index < -0.39 is 0 Å². The lowest BCUT2D eigenvalue weighted by atomic mass is 10.0. The van der Waals surface area contributed by atoms with E-state index >= 15 is 0 Å². The maximum atomic E-state index is 10.8. The molecule has 1 aliphatic rings. The van der Waals surface area contributed by atoms with Crippen molar-refractivity contribution in [1.29, 1.82) is 0 Å². The summed E-state index contributed by atoms with van der Waals surface area (Å²) in [5.74, 6) is 0. The molecular weight excluding hydrogens is 174 g/mol. The van der Waals surface area contributed by atoms with E-state index in [1.165, 1.54) is 23.2 Å². The van der Waals surface area contributed by atoms with E-state index in [0.29, 0.717) is 0 Å². The lowest BCUT2D eigenvalue weighted by Crippen LogP contribution is -2.11. The molecule has 0 unspecified atom stereocenters. The van der Waals surface area contributed by atoms with Crippen LogP contribution < -0.4 is 4.90 Å². The van der Waals surface area contributed by atoms with Gasteiger partial charge in [-0.2, -0.15) is 0 Å². The van der Waals surface area contributed by atoms with Gasteiger partial charge in [-0.15, -0.1) is 0 Å². The first-order chi connectivity index (χ1) is 6.74. The molecule has 0 amide bonds. The van der Waals surface area contributed by atoms with Gasteiger partial charge in [0.15, 0.2) is 0 Å². The molecule has 74 valence electrons.